The Kier molecular flexibility index (Phi) is 4.67. The molecule has 1 amide bonds. The highest BCUT2D eigenvalue weighted by Gasteiger charge is 2.36. The lowest BCUT2D eigenvalue weighted by atomic mass is 10.0. The summed E-state index contributed by atoms with van der Waals surface area (Å²) in [4.78, 5) is 19.3. The molecular weight excluding hydrogens is 340 g/mol. The molecule has 1 unspecified atom stereocenters. The average Bonchev–Trinajstić information content (AvgIpc) is 3.07. The van der Waals surface area contributed by atoms with Crippen molar-refractivity contribution in [2.45, 2.75) is 25.4 Å². The topological polar surface area (TPSA) is 51.7 Å². The number of carbonyl (C=O) groups excluding carboxylic acids is 1. The van der Waals surface area contributed by atoms with Crippen molar-refractivity contribution in [3.63, 3.8) is 0 Å². The summed E-state index contributed by atoms with van der Waals surface area (Å²) in [5, 5.41) is 1.09. The Morgan fingerprint density at radius 1 is 1.00 bits per heavy atom. The number of ether oxygens (including phenoxy) is 2. The Hall–Kier alpha value is -3.08. The molecule has 2 heterocycles. The Labute approximate surface area is 158 Å². The molecule has 1 atom stereocenters. The summed E-state index contributed by atoms with van der Waals surface area (Å²) >= 11 is 0. The largest absolute Gasteiger partial charge is 0.496 e. The molecule has 2 aromatic carbocycles. The van der Waals surface area contributed by atoms with Crippen LogP contribution in [0.25, 0.3) is 10.9 Å². The van der Waals surface area contributed by atoms with Crippen molar-refractivity contribution >= 4 is 16.8 Å². The third-order valence-corrected chi connectivity index (χ3v) is 5.12. The van der Waals surface area contributed by atoms with Gasteiger partial charge < -0.3 is 14.4 Å². The number of pyridine rings is 1. The number of hydrogen-bond acceptors (Lipinski definition) is 4. The molecule has 0 radical (unpaired) electrons. The van der Waals surface area contributed by atoms with Gasteiger partial charge in [-0.05, 0) is 30.7 Å². The van der Waals surface area contributed by atoms with E-state index < -0.39 is 0 Å². The molecular formula is C22H22N2O3. The third kappa shape index (κ3) is 3.21. The minimum Gasteiger partial charge on any atom is -0.496 e. The Morgan fingerprint density at radius 2 is 1.74 bits per heavy atom. The fourth-order valence-electron chi connectivity index (χ4n) is 3.81. The molecule has 1 saturated heterocycles. The number of carbonyl (C=O) groups is 1. The second kappa shape index (κ2) is 7.27. The summed E-state index contributed by atoms with van der Waals surface area (Å²) < 4.78 is 11.1. The van der Waals surface area contributed by atoms with E-state index in [-0.39, 0.29) is 11.9 Å². The van der Waals surface area contributed by atoms with Crippen molar-refractivity contribution in [1.82, 2.24) is 9.88 Å². The van der Waals surface area contributed by atoms with Gasteiger partial charge in [0.2, 0.25) is 5.91 Å². The zero-order chi connectivity index (χ0) is 18.8. The van der Waals surface area contributed by atoms with E-state index in [1.807, 2.05) is 53.4 Å². The lowest BCUT2D eigenvalue weighted by molar-refractivity contribution is -0.129. The first-order chi connectivity index (χ1) is 13.2. The molecule has 4 rings (SSSR count). The lowest BCUT2D eigenvalue weighted by Crippen LogP contribution is -2.28. The van der Waals surface area contributed by atoms with E-state index >= 15 is 0 Å². The van der Waals surface area contributed by atoms with Crippen LogP contribution in [0, 0.1) is 0 Å². The zero-order valence-electron chi connectivity index (χ0n) is 15.5. The number of benzene rings is 2. The van der Waals surface area contributed by atoms with Crippen LogP contribution in [0.4, 0.5) is 0 Å². The first-order valence-corrected chi connectivity index (χ1v) is 9.06. The van der Waals surface area contributed by atoms with Crippen LogP contribution >= 0.6 is 0 Å². The quantitative estimate of drug-likeness (QED) is 0.685. The van der Waals surface area contributed by atoms with Crippen LogP contribution in [0.1, 0.15) is 30.1 Å². The van der Waals surface area contributed by atoms with Gasteiger partial charge in [-0.3, -0.25) is 9.78 Å². The van der Waals surface area contributed by atoms with Crippen LogP contribution in [-0.4, -0.2) is 30.0 Å². The molecule has 27 heavy (non-hydrogen) atoms. The van der Waals surface area contributed by atoms with Gasteiger partial charge in [0.15, 0.2) is 0 Å². The lowest BCUT2D eigenvalue weighted by Gasteiger charge is -2.27. The predicted octanol–water partition coefficient (Wildman–Crippen LogP) is 4.12. The fourth-order valence-corrected chi connectivity index (χ4v) is 3.81. The smallest absolute Gasteiger partial charge is 0.223 e. The molecule has 5 nitrogen and oxygen atoms in total. The monoisotopic (exact) mass is 362 g/mol. The molecule has 0 aliphatic carbocycles. The number of aromatic nitrogens is 1. The Balaban J connectivity index is 1.69. The van der Waals surface area contributed by atoms with Crippen molar-refractivity contribution in [2.24, 2.45) is 0 Å². The second-order valence-electron chi connectivity index (χ2n) is 6.65. The van der Waals surface area contributed by atoms with Crippen molar-refractivity contribution in [2.75, 3.05) is 14.2 Å². The van der Waals surface area contributed by atoms with Gasteiger partial charge in [-0.15, -0.1) is 0 Å². The molecule has 138 valence electrons. The van der Waals surface area contributed by atoms with Gasteiger partial charge in [0, 0.05) is 11.8 Å². The van der Waals surface area contributed by atoms with E-state index in [1.165, 1.54) is 0 Å². The highest BCUT2D eigenvalue weighted by Crippen LogP contribution is 2.43. The van der Waals surface area contributed by atoms with Crippen molar-refractivity contribution < 1.29 is 14.3 Å². The minimum atomic E-state index is -0.0862. The fraction of sp³-hybridized carbons (Fsp3) is 0.273. The van der Waals surface area contributed by atoms with E-state index in [2.05, 4.69) is 6.07 Å². The number of para-hydroxylation sites is 1. The van der Waals surface area contributed by atoms with Gasteiger partial charge in [-0.2, -0.15) is 0 Å². The van der Waals surface area contributed by atoms with Gasteiger partial charge in [0.25, 0.3) is 0 Å². The first kappa shape index (κ1) is 17.3. The number of likely N-dealkylation sites (tertiary alicyclic amines) is 1. The van der Waals surface area contributed by atoms with Crippen LogP contribution in [0.2, 0.25) is 0 Å². The molecule has 1 aliphatic rings. The van der Waals surface area contributed by atoms with Crippen LogP contribution in [0.5, 0.6) is 11.5 Å². The average molecular weight is 362 g/mol. The third-order valence-electron chi connectivity index (χ3n) is 5.12. The SMILES string of the molecule is COc1cccc(OC)c1C1CCC(=O)N1Cc1ccc2ccccc2n1. The molecule has 0 bridgehead atoms. The Morgan fingerprint density at radius 3 is 2.48 bits per heavy atom. The molecule has 3 aromatic rings. The minimum absolute atomic E-state index is 0.0862. The van der Waals surface area contributed by atoms with Crippen LogP contribution < -0.4 is 9.47 Å². The van der Waals surface area contributed by atoms with E-state index in [1.54, 1.807) is 14.2 Å². The van der Waals surface area contributed by atoms with Crippen LogP contribution in [0.15, 0.2) is 54.6 Å². The number of methoxy groups -OCH3 is 2. The van der Waals surface area contributed by atoms with E-state index in [9.17, 15) is 4.79 Å². The molecule has 0 N–H and O–H groups in total. The Bertz CT molecular complexity index is 964. The van der Waals surface area contributed by atoms with Crippen molar-refractivity contribution in [3.05, 3.63) is 65.9 Å². The number of hydrogen-bond donors (Lipinski definition) is 0. The van der Waals surface area contributed by atoms with Crippen LogP contribution in [0.3, 0.4) is 0 Å². The molecule has 0 spiro atoms. The zero-order valence-corrected chi connectivity index (χ0v) is 15.5. The normalized spacial score (nSPS) is 16.7. The summed E-state index contributed by atoms with van der Waals surface area (Å²) in [5.41, 5.74) is 2.74. The predicted molar refractivity (Wildman–Crippen MR) is 104 cm³/mol. The summed E-state index contributed by atoms with van der Waals surface area (Å²) in [6.07, 6.45) is 1.25. The molecule has 1 aliphatic heterocycles. The molecule has 1 fully saturated rings. The van der Waals surface area contributed by atoms with Gasteiger partial charge >= 0.3 is 0 Å². The van der Waals surface area contributed by atoms with Gasteiger partial charge in [-0.1, -0.05) is 30.3 Å². The summed E-state index contributed by atoms with van der Waals surface area (Å²) in [6, 6.07) is 17.7. The first-order valence-electron chi connectivity index (χ1n) is 9.06. The molecule has 0 saturated carbocycles. The van der Waals surface area contributed by atoms with Gasteiger partial charge in [-0.25, -0.2) is 0 Å². The van der Waals surface area contributed by atoms with Gasteiger partial charge in [0.1, 0.15) is 11.5 Å². The number of rotatable bonds is 5. The second-order valence-corrected chi connectivity index (χ2v) is 6.65. The van der Waals surface area contributed by atoms with Crippen molar-refractivity contribution in [1.29, 1.82) is 0 Å². The maximum atomic E-state index is 12.6. The maximum absolute atomic E-state index is 12.6. The summed E-state index contributed by atoms with van der Waals surface area (Å²) in [7, 11) is 3.29. The summed E-state index contributed by atoms with van der Waals surface area (Å²) in [6.45, 7) is 0.468. The van der Waals surface area contributed by atoms with E-state index in [4.69, 9.17) is 14.5 Å². The number of nitrogens with zero attached hydrogens (tertiary/aromatic N) is 2. The molecule has 5 heteroatoms. The highest BCUT2D eigenvalue weighted by molar-refractivity contribution is 5.80. The number of amides is 1. The van der Waals surface area contributed by atoms with Crippen LogP contribution in [-0.2, 0) is 11.3 Å². The standard InChI is InChI=1S/C22H22N2O3/c1-26-19-8-5-9-20(27-2)22(19)18-12-13-21(25)24(18)14-16-11-10-15-6-3-4-7-17(15)23-16/h3-11,18H,12-14H2,1-2H3. The van der Waals surface area contributed by atoms with Gasteiger partial charge in [0.05, 0.1) is 43.6 Å². The number of fused-ring (bicyclic) bond motifs is 1. The highest BCUT2D eigenvalue weighted by atomic mass is 16.5. The molecule has 1 aromatic heterocycles. The van der Waals surface area contributed by atoms with E-state index in [0.29, 0.717) is 13.0 Å². The summed E-state index contributed by atoms with van der Waals surface area (Å²) in [5.74, 6) is 1.61. The maximum Gasteiger partial charge on any atom is 0.223 e. The van der Waals surface area contributed by atoms with E-state index in [0.717, 1.165) is 40.1 Å². The van der Waals surface area contributed by atoms with Crippen molar-refractivity contribution in [3.8, 4) is 11.5 Å².